The number of aromatic nitrogens is 2. The van der Waals surface area contributed by atoms with Crippen LogP contribution in [0.5, 0.6) is 0 Å². The second-order valence-electron chi connectivity index (χ2n) is 3.89. The van der Waals surface area contributed by atoms with Crippen LogP contribution in [-0.2, 0) is 0 Å². The van der Waals surface area contributed by atoms with Crippen molar-refractivity contribution < 1.29 is 14.7 Å². The van der Waals surface area contributed by atoms with Crippen LogP contribution in [-0.4, -0.2) is 26.8 Å². The molecule has 0 aliphatic heterocycles. The molecule has 3 N–H and O–H groups in total. The predicted molar refractivity (Wildman–Crippen MR) is 68.0 cm³/mol. The molecule has 0 aliphatic rings. The molecule has 0 bridgehead atoms. The lowest BCUT2D eigenvalue weighted by atomic mass is 9.98. The van der Waals surface area contributed by atoms with E-state index < -0.39 is 11.8 Å². The minimum absolute atomic E-state index is 0.0103. The lowest BCUT2D eigenvalue weighted by Gasteiger charge is -2.08. The average Bonchev–Trinajstić information content (AvgIpc) is 2.37. The molecule has 2 heterocycles. The topological polar surface area (TPSA) is 106 Å². The van der Waals surface area contributed by atoms with Crippen molar-refractivity contribution in [1.82, 2.24) is 9.97 Å². The standard InChI is InChI=1S/C13H11N3O3/c1-7-8(3-2-5-15-7)11(17)9-4-6-16-12(14)10(9)13(18)19/h2-6H,1H3,(H2,14,16)(H,18,19). The molecule has 2 aromatic rings. The van der Waals surface area contributed by atoms with Gasteiger partial charge in [-0.3, -0.25) is 9.78 Å². The minimum atomic E-state index is -1.28. The van der Waals surface area contributed by atoms with Gasteiger partial charge in [-0.1, -0.05) is 0 Å². The van der Waals surface area contributed by atoms with Crippen LogP contribution in [0.15, 0.2) is 30.6 Å². The summed E-state index contributed by atoms with van der Waals surface area (Å²) in [4.78, 5) is 31.2. The van der Waals surface area contributed by atoms with E-state index >= 15 is 0 Å². The number of pyridine rings is 2. The normalized spacial score (nSPS) is 10.2. The lowest BCUT2D eigenvalue weighted by Crippen LogP contribution is -2.14. The van der Waals surface area contributed by atoms with Crippen LogP contribution in [0.2, 0.25) is 0 Å². The second-order valence-corrected chi connectivity index (χ2v) is 3.89. The molecule has 0 aromatic carbocycles. The Balaban J connectivity index is 2.60. The third-order valence-corrected chi connectivity index (χ3v) is 2.69. The van der Waals surface area contributed by atoms with E-state index in [0.29, 0.717) is 11.3 Å². The van der Waals surface area contributed by atoms with Crippen molar-refractivity contribution in [2.45, 2.75) is 6.92 Å². The maximum Gasteiger partial charge on any atom is 0.340 e. The summed E-state index contributed by atoms with van der Waals surface area (Å²) in [7, 11) is 0. The monoisotopic (exact) mass is 257 g/mol. The molecule has 0 unspecified atom stereocenters. The number of carboxylic acid groups (broad SMARTS) is 1. The van der Waals surface area contributed by atoms with Crippen LogP contribution in [0.25, 0.3) is 0 Å². The van der Waals surface area contributed by atoms with Gasteiger partial charge >= 0.3 is 5.97 Å². The van der Waals surface area contributed by atoms with Gasteiger partial charge in [0.15, 0.2) is 5.78 Å². The van der Waals surface area contributed by atoms with E-state index in [1.807, 2.05) is 0 Å². The SMILES string of the molecule is Cc1ncccc1C(=O)c1ccnc(N)c1C(=O)O. The number of hydrogen-bond donors (Lipinski definition) is 2. The number of nitrogens with zero attached hydrogens (tertiary/aromatic N) is 2. The van der Waals surface area contributed by atoms with Gasteiger partial charge in [0.1, 0.15) is 11.4 Å². The number of aromatic carboxylic acids is 1. The van der Waals surface area contributed by atoms with Crippen LogP contribution >= 0.6 is 0 Å². The van der Waals surface area contributed by atoms with Gasteiger partial charge in [-0.15, -0.1) is 0 Å². The van der Waals surface area contributed by atoms with E-state index in [9.17, 15) is 9.59 Å². The first kappa shape index (κ1) is 12.7. The van der Waals surface area contributed by atoms with E-state index in [1.54, 1.807) is 25.3 Å². The summed E-state index contributed by atoms with van der Waals surface area (Å²) in [6.07, 6.45) is 2.87. The van der Waals surface area contributed by atoms with Gasteiger partial charge in [0.2, 0.25) is 0 Å². The molecule has 0 aliphatic carbocycles. The van der Waals surface area contributed by atoms with Crippen LogP contribution in [0.3, 0.4) is 0 Å². The number of ketones is 1. The van der Waals surface area contributed by atoms with Crippen LogP contribution in [0.1, 0.15) is 32.0 Å². The highest BCUT2D eigenvalue weighted by molar-refractivity contribution is 6.15. The zero-order chi connectivity index (χ0) is 14.0. The molecular formula is C13H11N3O3. The molecule has 0 amide bonds. The third-order valence-electron chi connectivity index (χ3n) is 2.69. The van der Waals surface area contributed by atoms with Crippen LogP contribution in [0, 0.1) is 6.92 Å². The summed E-state index contributed by atoms with van der Waals surface area (Å²) in [6, 6.07) is 4.55. The first-order chi connectivity index (χ1) is 9.02. The molecule has 2 aromatic heterocycles. The van der Waals surface area contributed by atoms with Gasteiger partial charge < -0.3 is 10.8 Å². The number of hydrogen-bond acceptors (Lipinski definition) is 5. The van der Waals surface area contributed by atoms with Gasteiger partial charge in [-0.2, -0.15) is 0 Å². The Morgan fingerprint density at radius 1 is 1.16 bits per heavy atom. The number of nitrogens with two attached hydrogens (primary N) is 1. The van der Waals surface area contributed by atoms with Gasteiger partial charge in [0.05, 0.1) is 0 Å². The molecule has 0 atom stereocenters. The van der Waals surface area contributed by atoms with Crippen molar-refractivity contribution in [1.29, 1.82) is 0 Å². The first-order valence-corrected chi connectivity index (χ1v) is 5.46. The molecular weight excluding hydrogens is 246 g/mol. The van der Waals surface area contributed by atoms with Crippen molar-refractivity contribution in [3.63, 3.8) is 0 Å². The fraction of sp³-hybridized carbons (Fsp3) is 0.0769. The fourth-order valence-corrected chi connectivity index (χ4v) is 1.76. The summed E-state index contributed by atoms with van der Waals surface area (Å²) >= 11 is 0. The maximum atomic E-state index is 12.4. The van der Waals surface area contributed by atoms with E-state index in [2.05, 4.69) is 9.97 Å². The Hall–Kier alpha value is -2.76. The zero-order valence-corrected chi connectivity index (χ0v) is 10.1. The molecule has 0 saturated carbocycles. The number of carbonyl (C=O) groups excluding carboxylic acids is 1. The number of carbonyl (C=O) groups is 2. The maximum absolute atomic E-state index is 12.4. The lowest BCUT2D eigenvalue weighted by molar-refractivity contribution is 0.0693. The molecule has 0 spiro atoms. The van der Waals surface area contributed by atoms with E-state index in [-0.39, 0.29) is 16.9 Å². The molecule has 96 valence electrons. The minimum Gasteiger partial charge on any atom is -0.478 e. The van der Waals surface area contributed by atoms with E-state index in [4.69, 9.17) is 10.8 Å². The smallest absolute Gasteiger partial charge is 0.340 e. The van der Waals surface area contributed by atoms with Crippen molar-refractivity contribution in [2.75, 3.05) is 5.73 Å². The van der Waals surface area contributed by atoms with Crippen molar-refractivity contribution >= 4 is 17.6 Å². The van der Waals surface area contributed by atoms with Crippen molar-refractivity contribution in [3.05, 3.63) is 53.0 Å². The van der Waals surface area contributed by atoms with Gasteiger partial charge in [-0.05, 0) is 25.1 Å². The van der Waals surface area contributed by atoms with Gasteiger partial charge in [0, 0.05) is 29.2 Å². The summed E-state index contributed by atoms with van der Waals surface area (Å²) in [5, 5.41) is 9.12. The number of nitrogen functional groups attached to an aromatic ring is 1. The van der Waals surface area contributed by atoms with E-state index in [1.165, 1.54) is 12.3 Å². The molecule has 2 rings (SSSR count). The zero-order valence-electron chi connectivity index (χ0n) is 10.1. The summed E-state index contributed by atoms with van der Waals surface area (Å²) < 4.78 is 0. The molecule has 6 nitrogen and oxygen atoms in total. The molecule has 6 heteroatoms. The largest absolute Gasteiger partial charge is 0.478 e. The Morgan fingerprint density at radius 2 is 1.89 bits per heavy atom. The molecule has 0 radical (unpaired) electrons. The third kappa shape index (κ3) is 2.28. The van der Waals surface area contributed by atoms with Crippen molar-refractivity contribution in [3.8, 4) is 0 Å². The van der Waals surface area contributed by atoms with Crippen molar-refractivity contribution in [2.24, 2.45) is 0 Å². The summed E-state index contributed by atoms with van der Waals surface area (Å²) in [6.45, 7) is 1.68. The Kier molecular flexibility index (Phi) is 3.24. The molecule has 19 heavy (non-hydrogen) atoms. The number of aryl methyl sites for hydroxylation is 1. The highest BCUT2D eigenvalue weighted by Crippen LogP contribution is 2.19. The number of rotatable bonds is 3. The highest BCUT2D eigenvalue weighted by Gasteiger charge is 2.22. The number of anilines is 1. The Labute approximate surface area is 108 Å². The average molecular weight is 257 g/mol. The predicted octanol–water partition coefficient (Wildman–Crippen LogP) is 1.30. The number of carboxylic acids is 1. The Morgan fingerprint density at radius 3 is 2.53 bits per heavy atom. The molecule has 0 saturated heterocycles. The first-order valence-electron chi connectivity index (χ1n) is 5.46. The van der Waals surface area contributed by atoms with Gasteiger partial charge in [-0.25, -0.2) is 9.78 Å². The fourth-order valence-electron chi connectivity index (χ4n) is 1.76. The quantitative estimate of drug-likeness (QED) is 0.802. The summed E-state index contributed by atoms with van der Waals surface area (Å²) in [5.74, 6) is -1.90. The summed E-state index contributed by atoms with van der Waals surface area (Å²) in [5.41, 5.74) is 6.12. The van der Waals surface area contributed by atoms with Crippen LogP contribution < -0.4 is 5.73 Å². The highest BCUT2D eigenvalue weighted by atomic mass is 16.4. The molecule has 0 fully saturated rings. The van der Waals surface area contributed by atoms with Crippen LogP contribution in [0.4, 0.5) is 5.82 Å². The second kappa shape index (κ2) is 4.85. The van der Waals surface area contributed by atoms with Gasteiger partial charge in [0.25, 0.3) is 0 Å². The Bertz CT molecular complexity index is 668. The van der Waals surface area contributed by atoms with E-state index in [0.717, 1.165) is 0 Å².